The fourth-order valence-corrected chi connectivity index (χ4v) is 1.35. The molecule has 74 valence electrons. The predicted octanol–water partition coefficient (Wildman–Crippen LogP) is 0.338. The molecule has 0 aliphatic carbocycles. The van der Waals surface area contributed by atoms with Crippen molar-refractivity contribution in [2.24, 2.45) is 5.73 Å². The lowest BCUT2D eigenvalue weighted by molar-refractivity contribution is 0.456. The SMILES string of the molecule is NCCCn1ccc2oncc2c1=O. The van der Waals surface area contributed by atoms with Gasteiger partial charge in [0.1, 0.15) is 5.39 Å². The van der Waals surface area contributed by atoms with Gasteiger partial charge in [-0.15, -0.1) is 0 Å². The first kappa shape index (κ1) is 8.96. The molecule has 2 heterocycles. The minimum absolute atomic E-state index is 0.0720. The monoisotopic (exact) mass is 193 g/mol. The Morgan fingerprint density at radius 3 is 3.21 bits per heavy atom. The fourth-order valence-electron chi connectivity index (χ4n) is 1.35. The molecule has 0 fully saturated rings. The first-order valence-electron chi connectivity index (χ1n) is 4.47. The normalized spacial score (nSPS) is 10.9. The molecule has 5 nitrogen and oxygen atoms in total. The highest BCUT2D eigenvalue weighted by atomic mass is 16.5. The molecule has 0 saturated heterocycles. The molecular weight excluding hydrogens is 182 g/mol. The summed E-state index contributed by atoms with van der Waals surface area (Å²) < 4.78 is 6.49. The van der Waals surface area contributed by atoms with E-state index in [1.54, 1.807) is 16.8 Å². The topological polar surface area (TPSA) is 74.1 Å². The van der Waals surface area contributed by atoms with E-state index in [2.05, 4.69) is 5.16 Å². The number of nitrogens with zero attached hydrogens (tertiary/aromatic N) is 2. The van der Waals surface area contributed by atoms with Crippen LogP contribution in [-0.4, -0.2) is 16.3 Å². The van der Waals surface area contributed by atoms with Crippen LogP contribution in [0, 0.1) is 0 Å². The zero-order valence-corrected chi connectivity index (χ0v) is 7.64. The maximum atomic E-state index is 11.7. The Morgan fingerprint density at radius 1 is 1.57 bits per heavy atom. The maximum Gasteiger partial charge on any atom is 0.263 e. The molecule has 0 aliphatic rings. The number of hydrogen-bond acceptors (Lipinski definition) is 4. The summed E-state index contributed by atoms with van der Waals surface area (Å²) in [6, 6.07) is 1.74. The molecule has 0 amide bonds. The van der Waals surface area contributed by atoms with E-state index in [9.17, 15) is 4.79 Å². The number of pyridine rings is 1. The molecule has 2 N–H and O–H groups in total. The number of nitrogens with two attached hydrogens (primary N) is 1. The number of aryl methyl sites for hydroxylation is 1. The highest BCUT2D eigenvalue weighted by Gasteiger charge is 2.04. The molecule has 0 aliphatic heterocycles. The lowest BCUT2D eigenvalue weighted by atomic mass is 10.3. The third kappa shape index (κ3) is 1.42. The van der Waals surface area contributed by atoms with Gasteiger partial charge in [0, 0.05) is 18.8 Å². The molecule has 0 bridgehead atoms. The Balaban J connectivity index is 2.46. The van der Waals surface area contributed by atoms with Crippen molar-refractivity contribution in [3.8, 4) is 0 Å². The van der Waals surface area contributed by atoms with Gasteiger partial charge >= 0.3 is 0 Å². The minimum atomic E-state index is -0.0720. The van der Waals surface area contributed by atoms with Gasteiger partial charge in [-0.3, -0.25) is 4.79 Å². The van der Waals surface area contributed by atoms with E-state index < -0.39 is 0 Å². The molecule has 0 atom stereocenters. The van der Waals surface area contributed by atoms with E-state index in [4.69, 9.17) is 10.3 Å². The van der Waals surface area contributed by atoms with Crippen LogP contribution < -0.4 is 11.3 Å². The van der Waals surface area contributed by atoms with Crippen LogP contribution in [0.4, 0.5) is 0 Å². The summed E-state index contributed by atoms with van der Waals surface area (Å²) in [6.45, 7) is 1.21. The van der Waals surface area contributed by atoms with Crippen LogP contribution in [0.2, 0.25) is 0 Å². The van der Waals surface area contributed by atoms with E-state index in [0.29, 0.717) is 24.1 Å². The van der Waals surface area contributed by atoms with Crippen molar-refractivity contribution < 1.29 is 4.52 Å². The number of rotatable bonds is 3. The van der Waals surface area contributed by atoms with E-state index in [-0.39, 0.29) is 5.56 Å². The average molecular weight is 193 g/mol. The molecule has 0 saturated carbocycles. The highest BCUT2D eigenvalue weighted by molar-refractivity contribution is 5.74. The van der Waals surface area contributed by atoms with Crippen LogP contribution in [0.15, 0.2) is 27.8 Å². The second-order valence-electron chi connectivity index (χ2n) is 3.06. The summed E-state index contributed by atoms with van der Waals surface area (Å²) in [5.41, 5.74) is 5.83. The quantitative estimate of drug-likeness (QED) is 0.762. The molecule has 0 spiro atoms. The van der Waals surface area contributed by atoms with Crippen LogP contribution in [-0.2, 0) is 6.54 Å². The van der Waals surface area contributed by atoms with Crippen molar-refractivity contribution in [1.29, 1.82) is 0 Å². The fraction of sp³-hybridized carbons (Fsp3) is 0.333. The molecular formula is C9H11N3O2. The van der Waals surface area contributed by atoms with Gasteiger partial charge < -0.3 is 14.8 Å². The van der Waals surface area contributed by atoms with Crippen LogP contribution in [0.3, 0.4) is 0 Å². The lowest BCUT2D eigenvalue weighted by Gasteiger charge is -2.02. The molecule has 0 unspecified atom stereocenters. The van der Waals surface area contributed by atoms with Crippen molar-refractivity contribution in [2.45, 2.75) is 13.0 Å². The van der Waals surface area contributed by atoms with E-state index >= 15 is 0 Å². The maximum absolute atomic E-state index is 11.7. The van der Waals surface area contributed by atoms with Crippen molar-refractivity contribution in [3.05, 3.63) is 28.8 Å². The standard InChI is InChI=1S/C9H11N3O2/c10-3-1-4-12-5-2-8-7(9(12)13)6-11-14-8/h2,5-6H,1,3-4,10H2. The first-order valence-corrected chi connectivity index (χ1v) is 4.47. The third-order valence-corrected chi connectivity index (χ3v) is 2.10. The van der Waals surface area contributed by atoms with Gasteiger partial charge in [-0.25, -0.2) is 0 Å². The summed E-state index contributed by atoms with van der Waals surface area (Å²) in [7, 11) is 0. The summed E-state index contributed by atoms with van der Waals surface area (Å²) in [6.07, 6.45) is 3.93. The third-order valence-electron chi connectivity index (χ3n) is 2.10. The molecule has 2 rings (SSSR count). The van der Waals surface area contributed by atoms with Crippen LogP contribution in [0.1, 0.15) is 6.42 Å². The smallest absolute Gasteiger partial charge is 0.263 e. The molecule has 2 aromatic rings. The Morgan fingerprint density at radius 2 is 2.43 bits per heavy atom. The number of aromatic nitrogens is 2. The summed E-state index contributed by atoms with van der Waals surface area (Å²) in [5, 5.41) is 4.09. The highest BCUT2D eigenvalue weighted by Crippen LogP contribution is 2.06. The van der Waals surface area contributed by atoms with Gasteiger partial charge in [0.05, 0.1) is 6.20 Å². The minimum Gasteiger partial charge on any atom is -0.356 e. The Hall–Kier alpha value is -1.62. The van der Waals surface area contributed by atoms with Gasteiger partial charge in [0.25, 0.3) is 5.56 Å². The van der Waals surface area contributed by atoms with Crippen LogP contribution in [0.25, 0.3) is 11.0 Å². The van der Waals surface area contributed by atoms with Gasteiger partial charge in [-0.05, 0) is 13.0 Å². The van der Waals surface area contributed by atoms with Crippen molar-refractivity contribution in [3.63, 3.8) is 0 Å². The van der Waals surface area contributed by atoms with Crippen molar-refractivity contribution in [2.75, 3.05) is 6.54 Å². The summed E-state index contributed by atoms with van der Waals surface area (Å²) in [4.78, 5) is 11.7. The Labute approximate surface area is 80.1 Å². The second kappa shape index (κ2) is 3.63. The van der Waals surface area contributed by atoms with Gasteiger partial charge in [0.2, 0.25) is 0 Å². The molecule has 2 aromatic heterocycles. The van der Waals surface area contributed by atoms with Crippen LogP contribution >= 0.6 is 0 Å². The second-order valence-corrected chi connectivity index (χ2v) is 3.06. The Kier molecular flexibility index (Phi) is 2.32. The Bertz CT molecular complexity index is 486. The van der Waals surface area contributed by atoms with Crippen molar-refractivity contribution in [1.82, 2.24) is 9.72 Å². The number of hydrogen-bond donors (Lipinski definition) is 1. The zero-order chi connectivity index (χ0) is 9.97. The number of fused-ring (bicyclic) bond motifs is 1. The van der Waals surface area contributed by atoms with Gasteiger partial charge in [-0.1, -0.05) is 5.16 Å². The summed E-state index contributed by atoms with van der Waals surface area (Å²) in [5.74, 6) is 0. The molecule has 5 heteroatoms. The predicted molar refractivity (Wildman–Crippen MR) is 51.9 cm³/mol. The molecule has 0 aromatic carbocycles. The average Bonchev–Trinajstić information content (AvgIpc) is 2.66. The van der Waals surface area contributed by atoms with E-state index in [1.165, 1.54) is 6.20 Å². The first-order chi connectivity index (χ1) is 6.83. The largest absolute Gasteiger partial charge is 0.356 e. The van der Waals surface area contributed by atoms with E-state index in [1.807, 2.05) is 0 Å². The zero-order valence-electron chi connectivity index (χ0n) is 7.64. The van der Waals surface area contributed by atoms with Crippen LogP contribution in [0.5, 0.6) is 0 Å². The summed E-state index contributed by atoms with van der Waals surface area (Å²) >= 11 is 0. The lowest BCUT2D eigenvalue weighted by Crippen LogP contribution is -2.20. The van der Waals surface area contributed by atoms with Crippen molar-refractivity contribution >= 4 is 11.0 Å². The van der Waals surface area contributed by atoms with E-state index in [0.717, 1.165) is 6.42 Å². The van der Waals surface area contributed by atoms with Gasteiger partial charge in [-0.2, -0.15) is 0 Å². The van der Waals surface area contributed by atoms with Gasteiger partial charge in [0.15, 0.2) is 5.58 Å². The molecule has 14 heavy (non-hydrogen) atoms. The molecule has 0 radical (unpaired) electrons.